The molecule has 1 aromatic heterocycles. The van der Waals surface area contributed by atoms with Crippen molar-refractivity contribution >= 4 is 17.2 Å². The van der Waals surface area contributed by atoms with Crippen molar-refractivity contribution in [3.63, 3.8) is 0 Å². The first-order valence-corrected chi connectivity index (χ1v) is 6.77. The van der Waals surface area contributed by atoms with E-state index in [1.165, 1.54) is 11.3 Å². The van der Waals surface area contributed by atoms with E-state index >= 15 is 0 Å². The quantitative estimate of drug-likeness (QED) is 0.911. The van der Waals surface area contributed by atoms with Gasteiger partial charge in [-0.25, -0.2) is 8.78 Å². The van der Waals surface area contributed by atoms with Gasteiger partial charge in [-0.3, -0.25) is 4.79 Å². The van der Waals surface area contributed by atoms with Gasteiger partial charge in [0.25, 0.3) is 5.91 Å². The van der Waals surface area contributed by atoms with E-state index in [0.717, 1.165) is 12.1 Å². The highest BCUT2D eigenvalue weighted by Gasteiger charge is 2.25. The van der Waals surface area contributed by atoms with E-state index in [9.17, 15) is 18.7 Å². The molecule has 2 rings (SSSR count). The highest BCUT2D eigenvalue weighted by atomic mass is 32.1. The number of carbonyl (C=O) groups is 1. The van der Waals surface area contributed by atoms with Gasteiger partial charge in [0.15, 0.2) is 0 Å². The molecule has 2 N–H and O–H groups in total. The van der Waals surface area contributed by atoms with Crippen molar-refractivity contribution in [3.8, 4) is 0 Å². The SMILES string of the molecule is CC(O)(CNC(=O)c1cc(F)cc(F)c1)c1cccs1. The van der Waals surface area contributed by atoms with E-state index in [4.69, 9.17) is 0 Å². The lowest BCUT2D eigenvalue weighted by molar-refractivity contribution is 0.0556. The van der Waals surface area contributed by atoms with Crippen molar-refractivity contribution in [3.05, 3.63) is 57.8 Å². The maximum atomic E-state index is 13.0. The molecule has 20 heavy (non-hydrogen) atoms. The molecule has 0 aliphatic rings. The van der Waals surface area contributed by atoms with Gasteiger partial charge in [-0.1, -0.05) is 6.07 Å². The average Bonchev–Trinajstić information content (AvgIpc) is 2.89. The zero-order valence-electron chi connectivity index (χ0n) is 10.7. The van der Waals surface area contributed by atoms with Crippen molar-refractivity contribution in [2.45, 2.75) is 12.5 Å². The third-order valence-corrected chi connectivity index (χ3v) is 3.89. The first-order chi connectivity index (χ1) is 9.38. The maximum absolute atomic E-state index is 13.0. The Morgan fingerprint density at radius 1 is 1.35 bits per heavy atom. The molecule has 106 valence electrons. The van der Waals surface area contributed by atoms with Gasteiger partial charge in [-0.15, -0.1) is 11.3 Å². The van der Waals surface area contributed by atoms with Gasteiger partial charge in [-0.05, 0) is 30.5 Å². The molecule has 2 aromatic rings. The smallest absolute Gasteiger partial charge is 0.251 e. The summed E-state index contributed by atoms with van der Waals surface area (Å²) in [5.41, 5.74) is -1.35. The van der Waals surface area contributed by atoms with Crippen LogP contribution in [-0.4, -0.2) is 17.6 Å². The maximum Gasteiger partial charge on any atom is 0.251 e. The number of nitrogens with one attached hydrogen (secondary N) is 1. The van der Waals surface area contributed by atoms with Crippen molar-refractivity contribution in [2.75, 3.05) is 6.54 Å². The van der Waals surface area contributed by atoms with Crippen LogP contribution in [0.4, 0.5) is 8.78 Å². The monoisotopic (exact) mass is 297 g/mol. The molecule has 0 saturated heterocycles. The first kappa shape index (κ1) is 14.6. The molecule has 0 fully saturated rings. The van der Waals surface area contributed by atoms with Crippen LogP contribution >= 0.6 is 11.3 Å². The van der Waals surface area contributed by atoms with Crippen molar-refractivity contribution in [1.82, 2.24) is 5.32 Å². The topological polar surface area (TPSA) is 49.3 Å². The van der Waals surface area contributed by atoms with Crippen molar-refractivity contribution in [2.24, 2.45) is 0 Å². The fourth-order valence-electron chi connectivity index (χ4n) is 1.71. The minimum Gasteiger partial charge on any atom is -0.383 e. The van der Waals surface area contributed by atoms with E-state index < -0.39 is 23.1 Å². The Labute approximate surface area is 118 Å². The lowest BCUT2D eigenvalue weighted by Gasteiger charge is -2.22. The second kappa shape index (κ2) is 5.68. The van der Waals surface area contributed by atoms with Crippen LogP contribution in [0.3, 0.4) is 0 Å². The summed E-state index contributed by atoms with van der Waals surface area (Å²) in [6.07, 6.45) is 0. The number of amides is 1. The summed E-state index contributed by atoms with van der Waals surface area (Å²) in [6, 6.07) is 6.12. The minimum atomic E-state index is -1.23. The van der Waals surface area contributed by atoms with Gasteiger partial charge in [0.1, 0.15) is 17.2 Å². The van der Waals surface area contributed by atoms with E-state index in [1.54, 1.807) is 19.1 Å². The molecule has 0 spiro atoms. The molecule has 1 heterocycles. The van der Waals surface area contributed by atoms with Crippen LogP contribution in [0.15, 0.2) is 35.7 Å². The van der Waals surface area contributed by atoms with Gasteiger partial charge in [0.2, 0.25) is 0 Å². The molecule has 0 bridgehead atoms. The molecule has 1 aromatic carbocycles. The van der Waals surface area contributed by atoms with Crippen molar-refractivity contribution < 1.29 is 18.7 Å². The summed E-state index contributed by atoms with van der Waals surface area (Å²) in [7, 11) is 0. The van der Waals surface area contributed by atoms with Gasteiger partial charge in [0, 0.05) is 16.5 Å². The van der Waals surface area contributed by atoms with Crippen LogP contribution < -0.4 is 5.32 Å². The summed E-state index contributed by atoms with van der Waals surface area (Å²) in [5, 5.41) is 14.5. The summed E-state index contributed by atoms with van der Waals surface area (Å²) in [5.74, 6) is -2.28. The third kappa shape index (κ3) is 3.40. The molecule has 1 amide bonds. The number of hydrogen-bond donors (Lipinski definition) is 2. The molecule has 3 nitrogen and oxygen atoms in total. The van der Waals surface area contributed by atoms with Crippen LogP contribution in [-0.2, 0) is 5.60 Å². The average molecular weight is 297 g/mol. The lowest BCUT2D eigenvalue weighted by Crippen LogP contribution is -2.38. The van der Waals surface area contributed by atoms with Crippen LogP contribution in [0.5, 0.6) is 0 Å². The third-order valence-electron chi connectivity index (χ3n) is 2.77. The van der Waals surface area contributed by atoms with Gasteiger partial charge in [-0.2, -0.15) is 0 Å². The van der Waals surface area contributed by atoms with Gasteiger partial charge in [0.05, 0.1) is 6.54 Å². The number of thiophene rings is 1. The van der Waals surface area contributed by atoms with E-state index in [1.807, 2.05) is 5.38 Å². The molecule has 1 unspecified atom stereocenters. The predicted molar refractivity (Wildman–Crippen MR) is 72.6 cm³/mol. The summed E-state index contributed by atoms with van der Waals surface area (Å²) < 4.78 is 26.0. The summed E-state index contributed by atoms with van der Waals surface area (Å²) >= 11 is 1.36. The van der Waals surface area contributed by atoms with Crippen molar-refractivity contribution in [1.29, 1.82) is 0 Å². The Morgan fingerprint density at radius 3 is 2.55 bits per heavy atom. The highest BCUT2D eigenvalue weighted by Crippen LogP contribution is 2.24. The molecule has 1 atom stereocenters. The fourth-order valence-corrected chi connectivity index (χ4v) is 2.50. The van der Waals surface area contributed by atoms with E-state index in [-0.39, 0.29) is 12.1 Å². The summed E-state index contributed by atoms with van der Waals surface area (Å²) in [4.78, 5) is 12.5. The van der Waals surface area contributed by atoms with E-state index in [0.29, 0.717) is 10.9 Å². The Hall–Kier alpha value is -1.79. The van der Waals surface area contributed by atoms with Crippen LogP contribution in [0, 0.1) is 11.6 Å². The second-order valence-corrected chi connectivity index (χ2v) is 5.54. The largest absolute Gasteiger partial charge is 0.383 e. The number of rotatable bonds is 4. The number of aliphatic hydroxyl groups is 1. The molecule has 6 heteroatoms. The molecule has 0 radical (unpaired) electrons. The Balaban J connectivity index is 2.05. The number of carbonyl (C=O) groups excluding carboxylic acids is 1. The lowest BCUT2D eigenvalue weighted by atomic mass is 10.0. The normalized spacial score (nSPS) is 13.8. The highest BCUT2D eigenvalue weighted by molar-refractivity contribution is 7.10. The minimum absolute atomic E-state index is 0.0511. The van der Waals surface area contributed by atoms with E-state index in [2.05, 4.69) is 5.32 Å². The number of benzene rings is 1. The first-order valence-electron chi connectivity index (χ1n) is 5.89. The molecule has 0 aliphatic carbocycles. The standard InChI is InChI=1S/C14H13F2NO2S/c1-14(19,12-3-2-4-20-12)8-17-13(18)9-5-10(15)7-11(16)6-9/h2-7,19H,8H2,1H3,(H,17,18). The molecule has 0 aliphatic heterocycles. The number of hydrogen-bond acceptors (Lipinski definition) is 3. The molecular weight excluding hydrogens is 284 g/mol. The van der Waals surface area contributed by atoms with Crippen LogP contribution in [0.2, 0.25) is 0 Å². The van der Waals surface area contributed by atoms with Gasteiger partial charge < -0.3 is 10.4 Å². The zero-order valence-corrected chi connectivity index (χ0v) is 11.5. The van der Waals surface area contributed by atoms with Crippen LogP contribution in [0.1, 0.15) is 22.2 Å². The predicted octanol–water partition coefficient (Wildman–Crippen LogP) is 2.66. The second-order valence-electron chi connectivity index (χ2n) is 4.59. The van der Waals surface area contributed by atoms with Crippen LogP contribution in [0.25, 0.3) is 0 Å². The molecule has 0 saturated carbocycles. The fraction of sp³-hybridized carbons (Fsp3) is 0.214. The zero-order chi connectivity index (χ0) is 14.8. The molecular formula is C14H13F2NO2S. The Morgan fingerprint density at radius 2 is 2.00 bits per heavy atom. The Kier molecular flexibility index (Phi) is 4.15. The Bertz CT molecular complexity index is 591. The number of halogens is 2. The van der Waals surface area contributed by atoms with Gasteiger partial charge >= 0.3 is 0 Å². The summed E-state index contributed by atoms with van der Waals surface area (Å²) in [6.45, 7) is 1.51.